The van der Waals surface area contributed by atoms with Gasteiger partial charge in [0.05, 0.1) is 16.1 Å². The van der Waals surface area contributed by atoms with E-state index >= 15 is 0 Å². The highest BCUT2D eigenvalue weighted by Crippen LogP contribution is 2.30. The van der Waals surface area contributed by atoms with Crippen molar-refractivity contribution in [3.8, 4) is 47.7 Å². The number of esters is 2. The van der Waals surface area contributed by atoms with E-state index in [-0.39, 0.29) is 29.7 Å². The third kappa shape index (κ3) is 6.54. The number of rotatable bonds is 8. The lowest BCUT2D eigenvalue weighted by Crippen LogP contribution is -2.10. The van der Waals surface area contributed by atoms with E-state index in [4.69, 9.17) is 43.4 Å². The molecular weight excluding hydrogens is 444 g/mol. The van der Waals surface area contributed by atoms with E-state index in [0.29, 0.717) is 22.6 Å². The quantitative estimate of drug-likeness (QED) is 0.273. The van der Waals surface area contributed by atoms with Crippen molar-refractivity contribution in [2.75, 3.05) is 13.2 Å². The highest BCUT2D eigenvalue weighted by atomic mass is 35.5. The summed E-state index contributed by atoms with van der Waals surface area (Å²) in [6, 6.07) is 16.9. The van der Waals surface area contributed by atoms with Crippen LogP contribution in [0.1, 0.15) is 20.7 Å². The van der Waals surface area contributed by atoms with Crippen molar-refractivity contribution in [1.29, 1.82) is 0 Å². The first-order valence-corrected chi connectivity index (χ1v) is 9.94. The van der Waals surface area contributed by atoms with Gasteiger partial charge in [-0.2, -0.15) is 0 Å². The second-order valence-corrected chi connectivity index (χ2v) is 6.81. The predicted molar refractivity (Wildman–Crippen MR) is 123 cm³/mol. The smallest absolute Gasteiger partial charge is 0.343 e. The Hall–Kier alpha value is -4.39. The Morgan fingerprint density at radius 2 is 1.15 bits per heavy atom. The first-order valence-electron chi connectivity index (χ1n) is 9.56. The van der Waals surface area contributed by atoms with E-state index in [1.807, 2.05) is 0 Å². The van der Waals surface area contributed by atoms with Crippen molar-refractivity contribution < 1.29 is 28.5 Å². The zero-order valence-corrected chi connectivity index (χ0v) is 18.0. The van der Waals surface area contributed by atoms with Gasteiger partial charge in [0.15, 0.2) is 0 Å². The van der Waals surface area contributed by atoms with Crippen LogP contribution in [0.15, 0.2) is 66.7 Å². The van der Waals surface area contributed by atoms with Gasteiger partial charge in [-0.3, -0.25) is 0 Å². The molecule has 0 N–H and O–H groups in total. The zero-order chi connectivity index (χ0) is 23.6. The van der Waals surface area contributed by atoms with Crippen LogP contribution in [0, 0.1) is 24.7 Å². The van der Waals surface area contributed by atoms with Crippen LogP contribution in [0.25, 0.3) is 0 Å². The van der Waals surface area contributed by atoms with Gasteiger partial charge >= 0.3 is 11.9 Å². The van der Waals surface area contributed by atoms with Crippen LogP contribution in [-0.2, 0) is 0 Å². The molecule has 0 saturated heterocycles. The molecule has 0 unspecified atom stereocenters. The predicted octanol–water partition coefficient (Wildman–Crippen LogP) is 4.80. The highest BCUT2D eigenvalue weighted by Gasteiger charge is 2.14. The Bertz CT molecular complexity index is 1220. The Morgan fingerprint density at radius 3 is 1.61 bits per heavy atom. The number of benzene rings is 3. The van der Waals surface area contributed by atoms with Crippen LogP contribution < -0.4 is 18.9 Å². The molecule has 0 saturated carbocycles. The molecule has 33 heavy (non-hydrogen) atoms. The molecule has 6 nitrogen and oxygen atoms in total. The average molecular weight is 461 g/mol. The first kappa shape index (κ1) is 23.3. The molecule has 7 heteroatoms. The minimum atomic E-state index is -0.614. The van der Waals surface area contributed by atoms with Crippen molar-refractivity contribution >= 4 is 23.5 Å². The maximum absolute atomic E-state index is 12.4. The van der Waals surface area contributed by atoms with Crippen molar-refractivity contribution in [3.63, 3.8) is 0 Å². The molecular formula is C26H17ClO6. The van der Waals surface area contributed by atoms with E-state index in [2.05, 4.69) is 11.8 Å². The number of halogens is 1. The fraction of sp³-hybridized carbons (Fsp3) is 0.0769. The molecule has 0 amide bonds. The number of hydrogen-bond donors (Lipinski definition) is 0. The number of carbonyl (C=O) groups is 2. The van der Waals surface area contributed by atoms with E-state index < -0.39 is 11.9 Å². The van der Waals surface area contributed by atoms with Gasteiger partial charge in [-0.25, -0.2) is 9.59 Å². The van der Waals surface area contributed by atoms with Gasteiger partial charge < -0.3 is 18.9 Å². The standard InChI is InChI=1S/C26H17ClO6/c1-3-15-30-20-9-5-18(6-10-20)25(28)32-22-13-14-24(23(27)17-22)33-26(29)19-7-11-21(12-8-19)31-16-4-2/h1-2,5-14,17H,15-16H2. The molecule has 0 aliphatic carbocycles. The molecule has 0 aliphatic rings. The minimum Gasteiger partial charge on any atom is -0.481 e. The lowest BCUT2D eigenvalue weighted by atomic mass is 10.2. The molecule has 3 aromatic rings. The molecule has 0 spiro atoms. The molecule has 0 fully saturated rings. The molecule has 0 aromatic heterocycles. The van der Waals surface area contributed by atoms with Gasteiger partial charge in [0.1, 0.15) is 36.2 Å². The van der Waals surface area contributed by atoms with Gasteiger partial charge in [-0.15, -0.1) is 12.8 Å². The molecule has 0 radical (unpaired) electrons. The fourth-order valence-electron chi connectivity index (χ4n) is 2.58. The summed E-state index contributed by atoms with van der Waals surface area (Å²) < 4.78 is 21.2. The lowest BCUT2D eigenvalue weighted by molar-refractivity contribution is 0.0719. The van der Waals surface area contributed by atoms with E-state index in [1.165, 1.54) is 18.2 Å². The second kappa shape index (κ2) is 11.3. The topological polar surface area (TPSA) is 71.1 Å². The summed E-state index contributed by atoms with van der Waals surface area (Å²) in [4.78, 5) is 24.7. The Morgan fingerprint density at radius 1 is 0.697 bits per heavy atom. The maximum atomic E-state index is 12.4. The highest BCUT2D eigenvalue weighted by molar-refractivity contribution is 6.32. The van der Waals surface area contributed by atoms with Crippen LogP contribution in [-0.4, -0.2) is 25.2 Å². The fourth-order valence-corrected chi connectivity index (χ4v) is 2.79. The summed E-state index contributed by atoms with van der Waals surface area (Å²) >= 11 is 6.20. The van der Waals surface area contributed by atoms with Gasteiger partial charge in [0, 0.05) is 6.07 Å². The summed E-state index contributed by atoms with van der Waals surface area (Å²) in [6.07, 6.45) is 10.3. The van der Waals surface area contributed by atoms with Crippen molar-refractivity contribution in [3.05, 3.63) is 82.9 Å². The van der Waals surface area contributed by atoms with Crippen LogP contribution in [0.5, 0.6) is 23.0 Å². The third-order valence-electron chi connectivity index (χ3n) is 4.14. The minimum absolute atomic E-state index is 0.0978. The average Bonchev–Trinajstić information content (AvgIpc) is 2.83. The van der Waals surface area contributed by atoms with Crippen LogP contribution in [0.2, 0.25) is 5.02 Å². The van der Waals surface area contributed by atoms with E-state index in [9.17, 15) is 9.59 Å². The number of hydrogen-bond acceptors (Lipinski definition) is 6. The Balaban J connectivity index is 1.61. The summed E-state index contributed by atoms with van der Waals surface area (Å²) in [7, 11) is 0. The molecule has 0 bridgehead atoms. The molecule has 164 valence electrons. The summed E-state index contributed by atoms with van der Waals surface area (Å²) in [5.41, 5.74) is 0.605. The van der Waals surface area contributed by atoms with E-state index in [1.54, 1.807) is 48.5 Å². The molecule has 0 atom stereocenters. The SMILES string of the molecule is C#CCOc1ccc(C(=O)Oc2ccc(OC(=O)c3ccc(OCC#C)cc3)c(Cl)c2)cc1. The van der Waals surface area contributed by atoms with Crippen LogP contribution in [0.3, 0.4) is 0 Å². The van der Waals surface area contributed by atoms with Gasteiger partial charge in [0.2, 0.25) is 0 Å². The Labute approximate surface area is 196 Å². The van der Waals surface area contributed by atoms with Gasteiger partial charge in [-0.05, 0) is 60.7 Å². The first-order chi connectivity index (χ1) is 16.0. The molecule has 3 aromatic carbocycles. The number of ether oxygens (including phenoxy) is 4. The lowest BCUT2D eigenvalue weighted by Gasteiger charge is -2.10. The van der Waals surface area contributed by atoms with E-state index in [0.717, 1.165) is 0 Å². The van der Waals surface area contributed by atoms with Crippen molar-refractivity contribution in [1.82, 2.24) is 0 Å². The van der Waals surface area contributed by atoms with Crippen LogP contribution in [0.4, 0.5) is 0 Å². The Kier molecular flexibility index (Phi) is 7.96. The third-order valence-corrected chi connectivity index (χ3v) is 4.44. The maximum Gasteiger partial charge on any atom is 0.343 e. The number of carbonyl (C=O) groups excluding carboxylic acids is 2. The summed E-state index contributed by atoms with van der Waals surface area (Å²) in [6.45, 7) is 0.258. The van der Waals surface area contributed by atoms with Gasteiger partial charge in [0.25, 0.3) is 0 Å². The summed E-state index contributed by atoms with van der Waals surface area (Å²) in [5.74, 6) is 4.88. The normalized spacial score (nSPS) is 9.79. The van der Waals surface area contributed by atoms with Crippen LogP contribution >= 0.6 is 11.6 Å². The number of terminal acetylenes is 2. The monoisotopic (exact) mass is 460 g/mol. The molecule has 3 rings (SSSR count). The van der Waals surface area contributed by atoms with Crippen molar-refractivity contribution in [2.24, 2.45) is 0 Å². The largest absolute Gasteiger partial charge is 0.481 e. The van der Waals surface area contributed by atoms with Gasteiger partial charge in [-0.1, -0.05) is 23.4 Å². The second-order valence-electron chi connectivity index (χ2n) is 6.41. The summed E-state index contributed by atoms with van der Waals surface area (Å²) in [5, 5.41) is 0.0978. The molecule has 0 heterocycles. The van der Waals surface area contributed by atoms with Crippen molar-refractivity contribution in [2.45, 2.75) is 0 Å². The zero-order valence-electron chi connectivity index (χ0n) is 17.2. The molecule has 0 aliphatic heterocycles.